The van der Waals surface area contributed by atoms with E-state index in [9.17, 15) is 5.11 Å². The van der Waals surface area contributed by atoms with E-state index in [1.165, 1.54) is 14.8 Å². The Morgan fingerprint density at radius 2 is 1.58 bits per heavy atom. The van der Waals surface area contributed by atoms with Gasteiger partial charge in [0.15, 0.2) is 0 Å². The molecule has 1 N–H and O–H groups in total. The van der Waals surface area contributed by atoms with Crippen LogP contribution in [0.4, 0.5) is 0 Å². The van der Waals surface area contributed by atoms with Gasteiger partial charge in [-0.2, -0.15) is 0 Å². The first kappa shape index (κ1) is 19.0. The fraction of sp³-hybridized carbons (Fsp3) is 0.217. The number of hydrogen-bond donors (Lipinski definition) is 1. The topological polar surface area (TPSA) is 20.2 Å². The number of aliphatic hydroxyl groups excluding tert-OH is 1. The van der Waals surface area contributed by atoms with Crippen LogP contribution in [0, 0.1) is 0 Å². The molecule has 0 spiro atoms. The summed E-state index contributed by atoms with van der Waals surface area (Å²) < 4.78 is 1.42. The van der Waals surface area contributed by atoms with Gasteiger partial charge in [0.25, 0.3) is 0 Å². The summed E-state index contributed by atoms with van der Waals surface area (Å²) in [4.78, 5) is 1.26. The molecular formula is C23H26OSSi. The van der Waals surface area contributed by atoms with Crippen molar-refractivity contribution in [2.45, 2.75) is 37.1 Å². The Hall–Kier alpha value is -1.81. The molecule has 0 radical (unpaired) electrons. The lowest BCUT2D eigenvalue weighted by atomic mass is 9.99. The third-order valence-corrected chi connectivity index (χ3v) is 9.14. The zero-order chi connectivity index (χ0) is 18.6. The van der Waals surface area contributed by atoms with Crippen molar-refractivity contribution in [2.75, 3.05) is 0 Å². The molecule has 0 saturated heterocycles. The Morgan fingerprint density at radius 3 is 2.31 bits per heavy atom. The molecule has 1 unspecified atom stereocenters. The van der Waals surface area contributed by atoms with Crippen LogP contribution in [0.1, 0.15) is 18.1 Å². The molecular weight excluding hydrogens is 352 g/mol. The number of thioether (sulfide) groups is 1. The zero-order valence-electron chi connectivity index (χ0n) is 15.6. The molecule has 0 heterocycles. The normalized spacial score (nSPS) is 13.8. The number of benzene rings is 3. The van der Waals surface area contributed by atoms with E-state index in [2.05, 4.69) is 68.2 Å². The molecule has 0 fully saturated rings. The predicted octanol–water partition coefficient (Wildman–Crippen LogP) is 6.82. The molecule has 26 heavy (non-hydrogen) atoms. The third-order valence-electron chi connectivity index (χ3n) is 4.42. The van der Waals surface area contributed by atoms with Gasteiger partial charge in [0.2, 0.25) is 0 Å². The number of aliphatic hydroxyl groups is 1. The molecule has 0 aliphatic rings. The summed E-state index contributed by atoms with van der Waals surface area (Å²) in [6.07, 6.45) is 2.42. The first-order valence-corrected chi connectivity index (χ1v) is 13.4. The van der Waals surface area contributed by atoms with Crippen LogP contribution < -0.4 is 0 Å². The van der Waals surface area contributed by atoms with Gasteiger partial charge in [0.05, 0.1) is 14.2 Å². The largest absolute Gasteiger partial charge is 0.388 e. The second-order valence-electron chi connectivity index (χ2n) is 7.55. The highest BCUT2D eigenvalue weighted by molar-refractivity contribution is 8.05. The Labute approximate surface area is 161 Å². The van der Waals surface area contributed by atoms with E-state index < -0.39 is 14.2 Å². The van der Waals surface area contributed by atoms with Gasteiger partial charge in [-0.25, -0.2) is 0 Å². The number of rotatable bonds is 6. The monoisotopic (exact) mass is 378 g/mol. The summed E-state index contributed by atoms with van der Waals surface area (Å²) in [6, 6.07) is 24.9. The zero-order valence-corrected chi connectivity index (χ0v) is 17.5. The van der Waals surface area contributed by atoms with Crippen LogP contribution in [0.5, 0.6) is 0 Å². The van der Waals surface area contributed by atoms with Crippen molar-refractivity contribution in [3.8, 4) is 0 Å². The molecule has 0 aromatic heterocycles. The standard InChI is InChI=1S/C23H26OSSi/c1-26(2,3)23(25-19-12-5-4-6-13-19)17-16-22(24)21-15-9-11-18-10-7-8-14-20(18)21/h4-15,17,22,24H,16H2,1-3H3/b23-17+. The maximum absolute atomic E-state index is 10.9. The minimum atomic E-state index is -1.48. The molecule has 0 bridgehead atoms. The van der Waals surface area contributed by atoms with Crippen molar-refractivity contribution < 1.29 is 5.11 Å². The molecule has 0 aliphatic carbocycles. The average molecular weight is 379 g/mol. The fourth-order valence-electron chi connectivity index (χ4n) is 3.00. The molecule has 3 heteroatoms. The van der Waals surface area contributed by atoms with Crippen molar-refractivity contribution in [3.63, 3.8) is 0 Å². The predicted molar refractivity (Wildman–Crippen MR) is 117 cm³/mol. The van der Waals surface area contributed by atoms with Gasteiger partial charge in [0.1, 0.15) is 0 Å². The third kappa shape index (κ3) is 4.67. The average Bonchev–Trinajstić information content (AvgIpc) is 2.64. The molecule has 134 valence electrons. The van der Waals surface area contributed by atoms with Crippen LogP contribution in [0.3, 0.4) is 0 Å². The van der Waals surface area contributed by atoms with Gasteiger partial charge in [-0.15, -0.1) is 0 Å². The van der Waals surface area contributed by atoms with Crippen molar-refractivity contribution in [2.24, 2.45) is 0 Å². The van der Waals surface area contributed by atoms with E-state index in [0.717, 1.165) is 10.9 Å². The first-order valence-electron chi connectivity index (χ1n) is 9.04. The van der Waals surface area contributed by atoms with Gasteiger partial charge in [-0.3, -0.25) is 0 Å². The maximum atomic E-state index is 10.9. The quantitative estimate of drug-likeness (QED) is 0.375. The van der Waals surface area contributed by atoms with Crippen molar-refractivity contribution in [3.05, 3.63) is 89.0 Å². The van der Waals surface area contributed by atoms with E-state index >= 15 is 0 Å². The Kier molecular flexibility index (Phi) is 6.02. The van der Waals surface area contributed by atoms with Gasteiger partial charge < -0.3 is 5.11 Å². The summed E-state index contributed by atoms with van der Waals surface area (Å²) >= 11 is 1.85. The Bertz CT molecular complexity index is 891. The first-order chi connectivity index (χ1) is 12.4. The van der Waals surface area contributed by atoms with Gasteiger partial charge in [-0.05, 0) is 39.4 Å². The smallest absolute Gasteiger partial charge is 0.0857 e. The van der Waals surface area contributed by atoms with Crippen LogP contribution in [0.15, 0.2) is 88.3 Å². The lowest BCUT2D eigenvalue weighted by molar-refractivity contribution is 0.183. The highest BCUT2D eigenvalue weighted by Crippen LogP contribution is 2.35. The van der Waals surface area contributed by atoms with Crippen LogP contribution in [-0.4, -0.2) is 13.2 Å². The van der Waals surface area contributed by atoms with Crippen LogP contribution in [0.2, 0.25) is 19.6 Å². The second-order valence-corrected chi connectivity index (χ2v) is 14.1. The fourth-order valence-corrected chi connectivity index (χ4v) is 6.04. The van der Waals surface area contributed by atoms with E-state index in [-0.39, 0.29) is 0 Å². The minimum absolute atomic E-state index is 0.483. The molecule has 0 amide bonds. The molecule has 3 aromatic rings. The minimum Gasteiger partial charge on any atom is -0.388 e. The molecule has 0 aliphatic heterocycles. The molecule has 0 saturated carbocycles. The van der Waals surface area contributed by atoms with Gasteiger partial charge >= 0.3 is 0 Å². The summed E-state index contributed by atoms with van der Waals surface area (Å²) in [6.45, 7) is 7.08. The molecule has 3 rings (SSSR count). The Morgan fingerprint density at radius 1 is 0.923 bits per heavy atom. The summed E-state index contributed by atoms with van der Waals surface area (Å²) in [5, 5.41) is 13.2. The van der Waals surface area contributed by atoms with E-state index in [4.69, 9.17) is 0 Å². The molecule has 3 aromatic carbocycles. The Balaban J connectivity index is 1.84. The van der Waals surface area contributed by atoms with E-state index in [1.54, 1.807) is 0 Å². The summed E-state index contributed by atoms with van der Waals surface area (Å²) in [5.74, 6) is 0. The second kappa shape index (κ2) is 8.25. The van der Waals surface area contributed by atoms with Gasteiger partial charge in [-0.1, -0.05) is 98.1 Å². The SMILES string of the molecule is C[Si](C)(C)/C(=C/CC(O)c1cccc2ccccc12)Sc1ccccc1. The van der Waals surface area contributed by atoms with Crippen LogP contribution >= 0.6 is 11.8 Å². The molecule has 1 atom stereocenters. The van der Waals surface area contributed by atoms with Crippen molar-refractivity contribution in [1.82, 2.24) is 0 Å². The molecule has 1 nitrogen and oxygen atoms in total. The summed E-state index contributed by atoms with van der Waals surface area (Å²) in [7, 11) is -1.48. The van der Waals surface area contributed by atoms with Crippen molar-refractivity contribution >= 4 is 30.6 Å². The van der Waals surface area contributed by atoms with Crippen LogP contribution in [0.25, 0.3) is 10.8 Å². The highest BCUT2D eigenvalue weighted by atomic mass is 32.2. The number of fused-ring (bicyclic) bond motifs is 1. The van der Waals surface area contributed by atoms with E-state index in [0.29, 0.717) is 6.42 Å². The summed E-state index contributed by atoms with van der Waals surface area (Å²) in [5.41, 5.74) is 1.01. The lowest BCUT2D eigenvalue weighted by Crippen LogP contribution is -2.22. The van der Waals surface area contributed by atoms with Gasteiger partial charge in [0, 0.05) is 4.90 Å². The van der Waals surface area contributed by atoms with Crippen molar-refractivity contribution in [1.29, 1.82) is 0 Å². The van der Waals surface area contributed by atoms with Crippen LogP contribution in [-0.2, 0) is 0 Å². The maximum Gasteiger partial charge on any atom is 0.0857 e. The lowest BCUT2D eigenvalue weighted by Gasteiger charge is -2.21. The number of hydrogen-bond acceptors (Lipinski definition) is 2. The van der Waals surface area contributed by atoms with E-state index in [1.807, 2.05) is 42.1 Å². The highest BCUT2D eigenvalue weighted by Gasteiger charge is 2.21.